The van der Waals surface area contributed by atoms with Crippen molar-refractivity contribution >= 4 is 38.0 Å². The molecule has 4 fully saturated rings. The van der Waals surface area contributed by atoms with Crippen LogP contribution in [0, 0.1) is 27.7 Å². The molecular formula is C76H108B4N4O4+4. The standard InChI is InChI=1S/C16H16NO.2C15H15BNO.C14H14B2NO.8C2H6/c1-10-11(14-5-3-4-8-17(14)2)6-7-12-13-9-15(13)18-16(10)12;1-10-11(14-5-3-4-8-17(14)2)6-7-12-13-9-16(13)18-15(10)12;1-10-11(13-5-3-4-8-17(13)2)6-7-12-15(10)18-14-9-16(12)14;1-10-11(13-5-3-4-8-17(13)2)6-7-12-14(10)18-16-9-15(12)16;8*1-2/h3-8,13,15H,9H2,1-2H3;3-8,13H,9H2,1-2H3;3-8,14H,9H2,1-2H3;3-8H,9H2,1-2H3;8*1-2H3/q4*+1;;;;;;;;. The predicted octanol–water partition coefficient (Wildman–Crippen LogP) is 16.2. The van der Waals surface area contributed by atoms with Crippen LogP contribution in [-0.4, -0.2) is 39.1 Å². The normalized spacial score (nSPS) is 16.3. The first-order valence-corrected chi connectivity index (χ1v) is 34.0. The van der Waals surface area contributed by atoms with E-state index in [0.29, 0.717) is 50.9 Å². The number of hydrogen-bond acceptors (Lipinski definition) is 4. The van der Waals surface area contributed by atoms with E-state index in [4.69, 9.17) is 18.8 Å². The van der Waals surface area contributed by atoms with Crippen molar-refractivity contribution in [2.45, 2.75) is 188 Å². The Morgan fingerprint density at radius 1 is 0.386 bits per heavy atom. The van der Waals surface area contributed by atoms with Gasteiger partial charge in [0.2, 0.25) is 29.5 Å². The Bertz CT molecular complexity index is 3080. The molecule has 4 atom stereocenters. The molecule has 3 saturated heterocycles. The maximum Gasteiger partial charge on any atom is 0.364 e. The van der Waals surface area contributed by atoms with Crippen molar-refractivity contribution in [3.63, 3.8) is 0 Å². The summed E-state index contributed by atoms with van der Waals surface area (Å²) in [5.74, 6) is 5.90. The van der Waals surface area contributed by atoms with Crippen LogP contribution in [0.25, 0.3) is 45.0 Å². The Morgan fingerprint density at radius 3 is 1.24 bits per heavy atom. The molecule has 88 heavy (non-hydrogen) atoms. The lowest BCUT2D eigenvalue weighted by molar-refractivity contribution is -0.660. The predicted molar refractivity (Wildman–Crippen MR) is 379 cm³/mol. The average Bonchev–Trinajstić information content (AvgIpc) is 1.74. The second kappa shape index (κ2) is 34.1. The van der Waals surface area contributed by atoms with Crippen molar-refractivity contribution in [3.8, 4) is 68.0 Å². The summed E-state index contributed by atoms with van der Waals surface area (Å²) in [5.41, 5.74) is 20.8. The molecule has 1 saturated carbocycles. The monoisotopic (exact) mass is 1180 g/mol. The van der Waals surface area contributed by atoms with E-state index in [1.807, 2.05) is 111 Å². The number of nitrogens with zero attached hydrogens (tertiary/aromatic N) is 4. The first-order chi connectivity index (χ1) is 43.0. The van der Waals surface area contributed by atoms with Gasteiger partial charge >= 0.3 is 13.7 Å². The number of aryl methyl sites for hydroxylation is 4. The SMILES string of the molecule is CC.CC.CC.CC.CC.CC.CC.CC.Cc1c(-c2cccc[n+]2C)ccc2c1OB1CB12.Cc1c(-c2cccc[n+]2C)ccc2c1OB1CC12.Cc1c(-c2cccc[n+]2C)ccc2c1OC1CB21.Cc1c(-c2cccc[n+]2C)ccc2c1OC1CC21. The Kier molecular flexibility index (Phi) is 27.7. The number of fused-ring (bicyclic) bond motifs is 12. The van der Waals surface area contributed by atoms with Gasteiger partial charge in [0.15, 0.2) is 31.4 Å². The van der Waals surface area contributed by atoms with E-state index in [1.165, 1.54) is 115 Å². The molecule has 0 radical (unpaired) electrons. The molecule has 7 aliphatic heterocycles. The largest absolute Gasteiger partial charge is 0.569 e. The van der Waals surface area contributed by atoms with E-state index < -0.39 is 0 Å². The summed E-state index contributed by atoms with van der Waals surface area (Å²) >= 11 is 0. The molecule has 8 nitrogen and oxygen atoms in total. The molecule has 4 unspecified atom stereocenters. The molecule has 16 rings (SSSR count). The van der Waals surface area contributed by atoms with E-state index in [9.17, 15) is 0 Å². The first kappa shape index (κ1) is 71.7. The van der Waals surface area contributed by atoms with Crippen LogP contribution < -0.4 is 48.0 Å². The van der Waals surface area contributed by atoms with E-state index >= 15 is 0 Å². The molecule has 8 aliphatic rings. The summed E-state index contributed by atoms with van der Waals surface area (Å²) in [6.45, 7) is 43.0. The van der Waals surface area contributed by atoms with Gasteiger partial charge in [-0.2, -0.15) is 0 Å². The van der Waals surface area contributed by atoms with Gasteiger partial charge in [0.25, 0.3) is 0 Å². The first-order valence-electron chi connectivity index (χ1n) is 34.0. The molecule has 464 valence electrons. The number of pyridine rings is 4. The number of benzene rings is 4. The summed E-state index contributed by atoms with van der Waals surface area (Å²) in [7, 11) is 8.33. The highest BCUT2D eigenvalue weighted by Gasteiger charge is 2.57. The van der Waals surface area contributed by atoms with Crippen LogP contribution in [0.2, 0.25) is 18.9 Å². The molecule has 4 aromatic carbocycles. The van der Waals surface area contributed by atoms with Gasteiger partial charge in [-0.3, -0.25) is 0 Å². The van der Waals surface area contributed by atoms with Crippen LogP contribution in [-0.2, 0) is 28.2 Å². The fourth-order valence-corrected chi connectivity index (χ4v) is 12.1. The molecule has 0 N–H and O–H groups in total. The number of ether oxygens (including phenoxy) is 2. The molecule has 8 aromatic rings. The average molecular weight is 1180 g/mol. The van der Waals surface area contributed by atoms with E-state index in [-0.39, 0.29) is 0 Å². The summed E-state index contributed by atoms with van der Waals surface area (Å²) < 4.78 is 32.6. The lowest BCUT2D eigenvalue weighted by Gasteiger charge is -2.12. The number of hydrogen-bond donors (Lipinski definition) is 0. The van der Waals surface area contributed by atoms with Crippen molar-refractivity contribution in [1.29, 1.82) is 0 Å². The quantitative estimate of drug-likeness (QED) is 0.130. The third-order valence-corrected chi connectivity index (χ3v) is 16.7. The molecule has 0 bridgehead atoms. The number of aromatic nitrogens is 4. The lowest BCUT2D eigenvalue weighted by atomic mass is 9.47. The van der Waals surface area contributed by atoms with Crippen molar-refractivity contribution < 1.29 is 37.1 Å². The van der Waals surface area contributed by atoms with Gasteiger partial charge in [-0.15, -0.1) is 0 Å². The molecule has 4 aromatic heterocycles. The third kappa shape index (κ3) is 15.3. The Hall–Kier alpha value is -7.06. The summed E-state index contributed by atoms with van der Waals surface area (Å²) in [6, 6.07) is 43.6. The maximum absolute atomic E-state index is 6.00. The summed E-state index contributed by atoms with van der Waals surface area (Å²) in [5, 5.41) is 0. The van der Waals surface area contributed by atoms with Gasteiger partial charge in [0.05, 0.1) is 34.0 Å². The van der Waals surface area contributed by atoms with Crippen molar-refractivity contribution in [3.05, 3.63) is 179 Å². The highest BCUT2D eigenvalue weighted by atomic mass is 16.5. The van der Waals surface area contributed by atoms with E-state index in [2.05, 4.69) is 220 Å². The topological polar surface area (TPSA) is 52.4 Å². The molecule has 0 spiro atoms. The molecule has 1 aliphatic carbocycles. The number of rotatable bonds is 4. The van der Waals surface area contributed by atoms with E-state index in [0.717, 1.165) is 23.0 Å². The molecule has 12 heteroatoms. The Morgan fingerprint density at radius 2 is 0.784 bits per heavy atom. The fourth-order valence-electron chi connectivity index (χ4n) is 12.1. The van der Waals surface area contributed by atoms with Gasteiger partial charge in [-0.05, 0) is 112 Å². The zero-order chi connectivity index (χ0) is 65.1. The second-order valence-corrected chi connectivity index (χ2v) is 21.4. The molecular weight excluding hydrogens is 1080 g/mol. The Labute approximate surface area is 535 Å². The zero-order valence-electron chi connectivity index (χ0n) is 58.7. The molecule has 11 heterocycles. The van der Waals surface area contributed by atoms with Crippen molar-refractivity contribution in [2.75, 3.05) is 0 Å². The van der Waals surface area contributed by atoms with Gasteiger partial charge in [-0.25, -0.2) is 18.3 Å². The highest BCUT2D eigenvalue weighted by Crippen LogP contribution is 2.56. The van der Waals surface area contributed by atoms with Crippen LogP contribution >= 0.6 is 0 Å². The summed E-state index contributed by atoms with van der Waals surface area (Å²) in [6.07, 6.45) is 13.7. The Balaban J connectivity index is 0.000000198. The minimum Gasteiger partial charge on any atom is -0.569 e. The van der Waals surface area contributed by atoms with Crippen LogP contribution in [0.1, 0.15) is 162 Å². The minimum absolute atomic E-state index is 0.471. The maximum atomic E-state index is 6.00. The third-order valence-electron chi connectivity index (χ3n) is 16.7. The highest BCUT2D eigenvalue weighted by molar-refractivity contribution is 7.44. The fraction of sp³-hybridized carbons (Fsp3) is 0.421. The lowest BCUT2D eigenvalue weighted by Crippen LogP contribution is -2.30. The second-order valence-electron chi connectivity index (χ2n) is 21.4. The zero-order valence-corrected chi connectivity index (χ0v) is 58.7. The summed E-state index contributed by atoms with van der Waals surface area (Å²) in [4.78, 5) is 0. The van der Waals surface area contributed by atoms with Gasteiger partial charge in [0, 0.05) is 88.1 Å². The van der Waals surface area contributed by atoms with Gasteiger partial charge < -0.3 is 18.8 Å². The molecule has 0 amide bonds. The van der Waals surface area contributed by atoms with Gasteiger partial charge in [-0.1, -0.05) is 141 Å². The minimum atomic E-state index is 0.471. The van der Waals surface area contributed by atoms with Crippen LogP contribution in [0.5, 0.6) is 23.0 Å². The van der Waals surface area contributed by atoms with Gasteiger partial charge in [0.1, 0.15) is 51.5 Å². The van der Waals surface area contributed by atoms with Crippen molar-refractivity contribution in [1.82, 2.24) is 0 Å². The van der Waals surface area contributed by atoms with Crippen LogP contribution in [0.4, 0.5) is 0 Å². The smallest absolute Gasteiger partial charge is 0.364 e. The van der Waals surface area contributed by atoms with E-state index in [1.54, 1.807) is 0 Å². The van der Waals surface area contributed by atoms with Crippen LogP contribution in [0.3, 0.4) is 0 Å². The van der Waals surface area contributed by atoms with Crippen LogP contribution in [0.15, 0.2) is 146 Å². The van der Waals surface area contributed by atoms with Crippen molar-refractivity contribution in [2.24, 2.45) is 28.2 Å².